The van der Waals surface area contributed by atoms with Crippen LogP contribution in [0.4, 0.5) is 16.5 Å². The monoisotopic (exact) mass is 263 g/mol. The standard InChI is InChI=1S/C11H13N5OS/c1-16(2)8-6-4-3-5-7(8)13-9(17)10-14-15-11(12)18-10/h3-6H,1-2H3,(H2,12,15)(H,13,17). The minimum Gasteiger partial charge on any atom is -0.376 e. The van der Waals surface area contributed by atoms with Crippen LogP contribution >= 0.6 is 11.3 Å². The quantitative estimate of drug-likeness (QED) is 0.875. The number of amides is 1. The second-order valence-corrected chi connectivity index (χ2v) is 4.82. The second kappa shape index (κ2) is 5.01. The Balaban J connectivity index is 2.22. The molecule has 0 saturated carbocycles. The number of nitrogens with two attached hydrogens (primary N) is 1. The molecule has 0 unspecified atom stereocenters. The van der Waals surface area contributed by atoms with Crippen LogP contribution in [0.15, 0.2) is 24.3 Å². The smallest absolute Gasteiger partial charge is 0.286 e. The van der Waals surface area contributed by atoms with E-state index in [-0.39, 0.29) is 16.0 Å². The fraction of sp³-hybridized carbons (Fsp3) is 0.182. The van der Waals surface area contributed by atoms with E-state index in [1.165, 1.54) is 0 Å². The van der Waals surface area contributed by atoms with Crippen LogP contribution in [0.25, 0.3) is 0 Å². The van der Waals surface area contributed by atoms with Crippen LogP contribution in [-0.4, -0.2) is 30.2 Å². The maximum Gasteiger partial charge on any atom is 0.286 e. The Morgan fingerprint density at radius 3 is 2.67 bits per heavy atom. The molecular weight excluding hydrogens is 250 g/mol. The number of nitrogen functional groups attached to an aromatic ring is 1. The van der Waals surface area contributed by atoms with Crippen LogP contribution in [0, 0.1) is 0 Å². The van der Waals surface area contributed by atoms with E-state index in [2.05, 4.69) is 15.5 Å². The summed E-state index contributed by atoms with van der Waals surface area (Å²) in [6.07, 6.45) is 0. The topological polar surface area (TPSA) is 84.1 Å². The van der Waals surface area contributed by atoms with Gasteiger partial charge in [0, 0.05) is 14.1 Å². The van der Waals surface area contributed by atoms with Crippen LogP contribution < -0.4 is 16.0 Å². The molecule has 1 amide bonds. The van der Waals surface area contributed by atoms with Crippen LogP contribution in [0.1, 0.15) is 9.80 Å². The van der Waals surface area contributed by atoms with Gasteiger partial charge in [-0.1, -0.05) is 23.5 Å². The van der Waals surface area contributed by atoms with Gasteiger partial charge in [0.05, 0.1) is 11.4 Å². The van der Waals surface area contributed by atoms with Gasteiger partial charge in [0.25, 0.3) is 5.91 Å². The third kappa shape index (κ3) is 2.57. The molecule has 0 fully saturated rings. The SMILES string of the molecule is CN(C)c1ccccc1NC(=O)c1nnc(N)s1. The van der Waals surface area contributed by atoms with E-state index in [0.29, 0.717) is 0 Å². The number of rotatable bonds is 3. The molecular formula is C11H13N5OS. The summed E-state index contributed by atoms with van der Waals surface area (Å²) in [6, 6.07) is 7.52. The molecule has 0 aliphatic carbocycles. The fourth-order valence-electron chi connectivity index (χ4n) is 1.47. The first-order valence-electron chi connectivity index (χ1n) is 5.24. The van der Waals surface area contributed by atoms with Crippen molar-refractivity contribution < 1.29 is 4.79 Å². The summed E-state index contributed by atoms with van der Waals surface area (Å²) in [4.78, 5) is 13.8. The third-order valence-electron chi connectivity index (χ3n) is 2.27. The lowest BCUT2D eigenvalue weighted by atomic mass is 10.2. The van der Waals surface area contributed by atoms with Gasteiger partial charge < -0.3 is 16.0 Å². The lowest BCUT2D eigenvalue weighted by Gasteiger charge is -2.17. The zero-order valence-corrected chi connectivity index (χ0v) is 10.9. The van der Waals surface area contributed by atoms with E-state index < -0.39 is 0 Å². The summed E-state index contributed by atoms with van der Waals surface area (Å²) < 4.78 is 0. The van der Waals surface area contributed by atoms with Crippen LogP contribution in [0.2, 0.25) is 0 Å². The molecule has 2 aromatic rings. The molecule has 0 saturated heterocycles. The molecule has 0 radical (unpaired) electrons. The molecule has 3 N–H and O–H groups in total. The van der Waals surface area contributed by atoms with Crippen molar-refractivity contribution in [2.45, 2.75) is 0 Å². The molecule has 7 heteroatoms. The van der Waals surface area contributed by atoms with E-state index in [1.807, 2.05) is 43.3 Å². The van der Waals surface area contributed by atoms with Crippen LogP contribution in [-0.2, 0) is 0 Å². The summed E-state index contributed by atoms with van der Waals surface area (Å²) in [5, 5.41) is 10.6. The Labute approximate surface area is 108 Å². The van der Waals surface area contributed by atoms with Gasteiger partial charge in [-0.2, -0.15) is 0 Å². The molecule has 94 valence electrons. The number of nitrogens with one attached hydrogen (secondary N) is 1. The van der Waals surface area contributed by atoms with Crippen molar-refractivity contribution in [2.24, 2.45) is 0 Å². The minimum atomic E-state index is -0.307. The molecule has 0 aliphatic rings. The third-order valence-corrected chi connectivity index (χ3v) is 3.02. The predicted molar refractivity (Wildman–Crippen MR) is 73.0 cm³/mol. The summed E-state index contributed by atoms with van der Waals surface area (Å²) in [6.45, 7) is 0. The van der Waals surface area contributed by atoms with Gasteiger partial charge in [-0.15, -0.1) is 10.2 Å². The Bertz CT molecular complexity index is 566. The molecule has 18 heavy (non-hydrogen) atoms. The van der Waals surface area contributed by atoms with E-state index in [0.717, 1.165) is 22.7 Å². The zero-order chi connectivity index (χ0) is 13.1. The van der Waals surface area contributed by atoms with E-state index in [4.69, 9.17) is 5.73 Å². The first-order valence-corrected chi connectivity index (χ1v) is 6.06. The summed E-state index contributed by atoms with van der Waals surface area (Å²) >= 11 is 1.06. The van der Waals surface area contributed by atoms with Gasteiger partial charge in [0.15, 0.2) is 0 Å². The van der Waals surface area contributed by atoms with E-state index in [9.17, 15) is 4.79 Å². The highest BCUT2D eigenvalue weighted by Gasteiger charge is 2.13. The Morgan fingerprint density at radius 2 is 2.06 bits per heavy atom. The molecule has 0 spiro atoms. The number of aromatic nitrogens is 2. The lowest BCUT2D eigenvalue weighted by Crippen LogP contribution is -2.16. The predicted octanol–water partition coefficient (Wildman–Crippen LogP) is 1.44. The zero-order valence-electron chi connectivity index (χ0n) is 10.0. The van der Waals surface area contributed by atoms with Gasteiger partial charge in [0.2, 0.25) is 10.1 Å². The molecule has 0 atom stereocenters. The van der Waals surface area contributed by atoms with Crippen molar-refractivity contribution in [3.63, 3.8) is 0 Å². The highest BCUT2D eigenvalue weighted by atomic mass is 32.1. The van der Waals surface area contributed by atoms with Gasteiger partial charge in [-0.3, -0.25) is 4.79 Å². The number of nitrogens with zero attached hydrogens (tertiary/aromatic N) is 3. The number of para-hydroxylation sites is 2. The van der Waals surface area contributed by atoms with Gasteiger partial charge in [-0.25, -0.2) is 0 Å². The molecule has 2 rings (SSSR count). The molecule has 6 nitrogen and oxygen atoms in total. The first kappa shape index (κ1) is 12.3. The number of hydrogen-bond donors (Lipinski definition) is 2. The highest BCUT2D eigenvalue weighted by Crippen LogP contribution is 2.24. The largest absolute Gasteiger partial charge is 0.376 e. The lowest BCUT2D eigenvalue weighted by molar-refractivity contribution is 0.102. The maximum atomic E-state index is 11.9. The van der Waals surface area contributed by atoms with E-state index in [1.54, 1.807) is 0 Å². The summed E-state index contributed by atoms with van der Waals surface area (Å²) in [5.41, 5.74) is 7.09. The molecule has 0 bridgehead atoms. The number of benzene rings is 1. The van der Waals surface area contributed by atoms with Crippen molar-refractivity contribution in [3.8, 4) is 0 Å². The first-order chi connectivity index (χ1) is 8.58. The van der Waals surface area contributed by atoms with Crippen molar-refractivity contribution in [3.05, 3.63) is 29.3 Å². The Hall–Kier alpha value is -2.15. The fourth-order valence-corrected chi connectivity index (χ4v) is 1.98. The van der Waals surface area contributed by atoms with Gasteiger partial charge >= 0.3 is 0 Å². The second-order valence-electron chi connectivity index (χ2n) is 3.81. The number of carbonyl (C=O) groups is 1. The van der Waals surface area contributed by atoms with Gasteiger partial charge in [0.1, 0.15) is 0 Å². The molecule has 1 aromatic heterocycles. The molecule has 1 aromatic carbocycles. The average Bonchev–Trinajstić information content (AvgIpc) is 2.76. The maximum absolute atomic E-state index is 11.9. The Morgan fingerprint density at radius 1 is 1.33 bits per heavy atom. The number of hydrogen-bond acceptors (Lipinski definition) is 6. The van der Waals surface area contributed by atoms with Crippen molar-refractivity contribution in [1.82, 2.24) is 10.2 Å². The average molecular weight is 263 g/mol. The summed E-state index contributed by atoms with van der Waals surface area (Å²) in [5.74, 6) is -0.307. The molecule has 1 heterocycles. The highest BCUT2D eigenvalue weighted by molar-refractivity contribution is 7.16. The number of carbonyl (C=O) groups excluding carboxylic acids is 1. The van der Waals surface area contributed by atoms with Crippen molar-refractivity contribution >= 4 is 33.8 Å². The van der Waals surface area contributed by atoms with Crippen molar-refractivity contribution in [2.75, 3.05) is 30.0 Å². The van der Waals surface area contributed by atoms with Crippen LogP contribution in [0.5, 0.6) is 0 Å². The van der Waals surface area contributed by atoms with Crippen LogP contribution in [0.3, 0.4) is 0 Å². The minimum absolute atomic E-state index is 0.251. The van der Waals surface area contributed by atoms with E-state index >= 15 is 0 Å². The Kier molecular flexibility index (Phi) is 3.42. The van der Waals surface area contributed by atoms with Crippen molar-refractivity contribution in [1.29, 1.82) is 0 Å². The summed E-state index contributed by atoms with van der Waals surface area (Å²) in [7, 11) is 3.82. The molecule has 0 aliphatic heterocycles. The van der Waals surface area contributed by atoms with Gasteiger partial charge in [-0.05, 0) is 12.1 Å². The normalized spacial score (nSPS) is 10.1. The number of anilines is 3.